The number of amides is 1. The maximum absolute atomic E-state index is 13.0. The summed E-state index contributed by atoms with van der Waals surface area (Å²) in [6.45, 7) is 10.6. The molecule has 2 aromatic carbocycles. The number of rotatable bonds is 5. The van der Waals surface area contributed by atoms with Gasteiger partial charge >= 0.3 is 0 Å². The van der Waals surface area contributed by atoms with Crippen LogP contribution >= 0.6 is 0 Å². The first-order valence-corrected chi connectivity index (χ1v) is 12.1. The van der Waals surface area contributed by atoms with Gasteiger partial charge in [0, 0.05) is 18.7 Å². The molecule has 1 aliphatic heterocycles. The second-order valence-electron chi connectivity index (χ2n) is 9.22. The highest BCUT2D eigenvalue weighted by molar-refractivity contribution is 7.89. The second-order valence-corrected chi connectivity index (χ2v) is 11.2. The average Bonchev–Trinajstić information content (AvgIpc) is 2.72. The molecule has 3 rings (SSSR count). The van der Waals surface area contributed by atoms with Crippen LogP contribution in [0, 0.1) is 0 Å². The van der Waals surface area contributed by atoms with Crippen LogP contribution in [0.5, 0.6) is 5.75 Å². The highest BCUT2D eigenvalue weighted by Crippen LogP contribution is 2.32. The Morgan fingerprint density at radius 1 is 1.06 bits per heavy atom. The van der Waals surface area contributed by atoms with Gasteiger partial charge in [0.2, 0.25) is 10.0 Å². The molecule has 1 N–H and O–H groups in total. The van der Waals surface area contributed by atoms with Gasteiger partial charge < -0.3 is 14.8 Å². The van der Waals surface area contributed by atoms with Gasteiger partial charge in [0.15, 0.2) is 0 Å². The number of nitrogens with one attached hydrogen (secondary N) is 1. The molecule has 0 bridgehead atoms. The summed E-state index contributed by atoms with van der Waals surface area (Å²) in [5.74, 6) is 0.216. The fraction of sp³-hybridized carbons (Fsp3) is 0.458. The first-order valence-electron chi connectivity index (χ1n) is 10.7. The van der Waals surface area contributed by atoms with E-state index in [4.69, 9.17) is 9.47 Å². The predicted octanol–water partition coefficient (Wildman–Crippen LogP) is 4.04. The summed E-state index contributed by atoms with van der Waals surface area (Å²) < 4.78 is 38.5. The van der Waals surface area contributed by atoms with Gasteiger partial charge in [-0.15, -0.1) is 0 Å². The standard InChI is InChI=1S/C24H32N2O5S/c1-16-14-26(15-17(2)31-16)32(28,29)20-10-7-18(8-11-20)23(27)25-21-13-19(24(3,4)5)9-12-22(21)30-6/h7-13,16-17H,14-15H2,1-6H3,(H,25,27). The molecular weight excluding hydrogens is 428 g/mol. The van der Waals surface area contributed by atoms with Crippen LogP contribution < -0.4 is 10.1 Å². The van der Waals surface area contributed by atoms with Gasteiger partial charge in [0.1, 0.15) is 5.75 Å². The Morgan fingerprint density at radius 2 is 1.66 bits per heavy atom. The van der Waals surface area contributed by atoms with E-state index in [1.165, 1.54) is 28.6 Å². The Bertz CT molecular complexity index is 1060. The van der Waals surface area contributed by atoms with Crippen molar-refractivity contribution in [2.24, 2.45) is 0 Å². The van der Waals surface area contributed by atoms with Gasteiger partial charge in [0.05, 0.1) is 29.9 Å². The van der Waals surface area contributed by atoms with Gasteiger partial charge in [-0.2, -0.15) is 4.31 Å². The lowest BCUT2D eigenvalue weighted by molar-refractivity contribution is -0.0440. The molecule has 1 aliphatic rings. The smallest absolute Gasteiger partial charge is 0.255 e. The van der Waals surface area contributed by atoms with Crippen molar-refractivity contribution in [3.8, 4) is 5.75 Å². The summed E-state index contributed by atoms with van der Waals surface area (Å²) >= 11 is 0. The van der Waals surface area contributed by atoms with Crippen molar-refractivity contribution >= 4 is 21.6 Å². The number of nitrogens with zero attached hydrogens (tertiary/aromatic N) is 1. The van der Waals surface area contributed by atoms with Gasteiger partial charge in [-0.1, -0.05) is 26.8 Å². The monoisotopic (exact) mass is 460 g/mol. The Balaban J connectivity index is 1.80. The Labute approximate surface area is 190 Å². The zero-order valence-electron chi connectivity index (χ0n) is 19.5. The minimum Gasteiger partial charge on any atom is -0.495 e. The first-order chi connectivity index (χ1) is 14.9. The Morgan fingerprint density at radius 3 is 2.19 bits per heavy atom. The molecule has 32 heavy (non-hydrogen) atoms. The number of hydrogen-bond donors (Lipinski definition) is 1. The third-order valence-corrected chi connectivity index (χ3v) is 7.30. The Kier molecular flexibility index (Phi) is 6.97. The molecule has 1 amide bonds. The fourth-order valence-corrected chi connectivity index (χ4v) is 5.31. The zero-order valence-corrected chi connectivity index (χ0v) is 20.3. The van der Waals surface area contributed by atoms with Crippen LogP contribution in [0.4, 0.5) is 5.69 Å². The molecule has 0 radical (unpaired) electrons. The molecule has 0 spiro atoms. The van der Waals surface area contributed by atoms with E-state index in [1.54, 1.807) is 7.11 Å². The fourth-order valence-electron chi connectivity index (χ4n) is 3.72. The molecule has 7 nitrogen and oxygen atoms in total. The first kappa shape index (κ1) is 24.2. The number of anilines is 1. The van der Waals surface area contributed by atoms with Crippen LogP contribution in [0.2, 0.25) is 0 Å². The molecule has 0 saturated carbocycles. The number of benzene rings is 2. The molecular formula is C24H32N2O5S. The summed E-state index contributed by atoms with van der Waals surface area (Å²) in [5, 5.41) is 2.88. The minimum atomic E-state index is -3.66. The molecule has 2 aromatic rings. The van der Waals surface area contributed by atoms with Gasteiger partial charge in [-0.05, 0) is 61.2 Å². The third kappa shape index (κ3) is 5.31. The maximum atomic E-state index is 13.0. The highest BCUT2D eigenvalue weighted by Gasteiger charge is 2.32. The summed E-state index contributed by atoms with van der Waals surface area (Å²) in [4.78, 5) is 13.0. The Hall–Kier alpha value is -2.42. The normalized spacial score (nSPS) is 20.1. The van der Waals surface area contributed by atoms with E-state index < -0.39 is 10.0 Å². The van der Waals surface area contributed by atoms with Crippen molar-refractivity contribution in [1.29, 1.82) is 0 Å². The van der Waals surface area contributed by atoms with Crippen molar-refractivity contribution in [1.82, 2.24) is 4.31 Å². The molecule has 8 heteroatoms. The largest absolute Gasteiger partial charge is 0.495 e. The SMILES string of the molecule is COc1ccc(C(C)(C)C)cc1NC(=O)c1ccc(S(=O)(=O)N2CC(C)OC(C)C2)cc1. The molecule has 2 unspecified atom stereocenters. The number of ether oxygens (including phenoxy) is 2. The van der Waals surface area contributed by atoms with Crippen LogP contribution in [0.15, 0.2) is 47.4 Å². The van der Waals surface area contributed by atoms with Crippen molar-refractivity contribution in [2.45, 2.75) is 57.1 Å². The van der Waals surface area contributed by atoms with Crippen LogP contribution in [-0.2, 0) is 20.2 Å². The number of carbonyl (C=O) groups excluding carboxylic acids is 1. The van der Waals surface area contributed by atoms with Gasteiger partial charge in [0.25, 0.3) is 5.91 Å². The summed E-state index contributed by atoms with van der Waals surface area (Å²) in [6, 6.07) is 11.7. The van der Waals surface area contributed by atoms with Crippen molar-refractivity contribution < 1.29 is 22.7 Å². The number of morpholine rings is 1. The minimum absolute atomic E-state index is 0.0871. The summed E-state index contributed by atoms with van der Waals surface area (Å²) in [6.07, 6.45) is -0.338. The molecule has 1 fully saturated rings. The van der Waals surface area contributed by atoms with E-state index in [-0.39, 0.29) is 28.4 Å². The average molecular weight is 461 g/mol. The van der Waals surface area contributed by atoms with Crippen LogP contribution in [0.3, 0.4) is 0 Å². The lowest BCUT2D eigenvalue weighted by Gasteiger charge is -2.34. The lowest BCUT2D eigenvalue weighted by Crippen LogP contribution is -2.48. The quantitative estimate of drug-likeness (QED) is 0.728. The van der Waals surface area contributed by atoms with E-state index in [2.05, 4.69) is 26.1 Å². The zero-order chi connectivity index (χ0) is 23.7. The molecule has 1 saturated heterocycles. The van der Waals surface area contributed by atoms with E-state index in [1.807, 2.05) is 32.0 Å². The van der Waals surface area contributed by atoms with Crippen molar-refractivity contribution in [3.63, 3.8) is 0 Å². The van der Waals surface area contributed by atoms with Gasteiger partial charge in [-0.25, -0.2) is 8.42 Å². The highest BCUT2D eigenvalue weighted by atomic mass is 32.2. The molecule has 1 heterocycles. The van der Waals surface area contributed by atoms with E-state index in [0.29, 0.717) is 30.1 Å². The van der Waals surface area contributed by atoms with E-state index in [0.717, 1.165) is 5.56 Å². The molecule has 2 atom stereocenters. The van der Waals surface area contributed by atoms with E-state index in [9.17, 15) is 13.2 Å². The van der Waals surface area contributed by atoms with Crippen molar-refractivity contribution in [2.75, 3.05) is 25.5 Å². The second kappa shape index (κ2) is 9.21. The summed E-state index contributed by atoms with van der Waals surface area (Å²) in [5.41, 5.74) is 1.90. The molecule has 174 valence electrons. The van der Waals surface area contributed by atoms with Crippen LogP contribution in [0.25, 0.3) is 0 Å². The maximum Gasteiger partial charge on any atom is 0.255 e. The lowest BCUT2D eigenvalue weighted by atomic mass is 9.87. The number of methoxy groups -OCH3 is 1. The molecule has 0 aromatic heterocycles. The summed E-state index contributed by atoms with van der Waals surface area (Å²) in [7, 11) is -2.11. The topological polar surface area (TPSA) is 84.9 Å². The number of sulfonamides is 1. The van der Waals surface area contributed by atoms with E-state index >= 15 is 0 Å². The molecule has 0 aliphatic carbocycles. The number of hydrogen-bond acceptors (Lipinski definition) is 5. The number of carbonyl (C=O) groups is 1. The predicted molar refractivity (Wildman–Crippen MR) is 125 cm³/mol. The van der Waals surface area contributed by atoms with Gasteiger partial charge in [-0.3, -0.25) is 4.79 Å². The third-order valence-electron chi connectivity index (χ3n) is 5.45. The van der Waals surface area contributed by atoms with Crippen molar-refractivity contribution in [3.05, 3.63) is 53.6 Å². The van der Waals surface area contributed by atoms with Crippen LogP contribution in [-0.4, -0.2) is 51.0 Å². The van der Waals surface area contributed by atoms with Crippen LogP contribution in [0.1, 0.15) is 50.5 Å².